The van der Waals surface area contributed by atoms with Crippen molar-refractivity contribution in [2.45, 2.75) is 11.8 Å². The van der Waals surface area contributed by atoms with E-state index >= 15 is 0 Å². The van der Waals surface area contributed by atoms with Gasteiger partial charge in [0.25, 0.3) is 15.9 Å². The first-order chi connectivity index (χ1) is 18.8. The lowest BCUT2D eigenvalue weighted by Crippen LogP contribution is -2.14. The third-order valence-electron chi connectivity index (χ3n) is 5.87. The maximum atomic E-state index is 13.3. The largest absolute Gasteiger partial charge is 0.298 e. The average molecular weight is 554 g/mol. The molecule has 5 rings (SSSR count). The van der Waals surface area contributed by atoms with E-state index in [9.17, 15) is 18.0 Å². The minimum absolute atomic E-state index is 0.147. The molecule has 39 heavy (non-hydrogen) atoms. The molecule has 1 amide bonds. The number of rotatable bonds is 8. The second-order valence-corrected chi connectivity index (χ2v) is 11.4. The van der Waals surface area contributed by atoms with Gasteiger partial charge in [-0.05, 0) is 43.3 Å². The van der Waals surface area contributed by atoms with Crippen LogP contribution < -0.4 is 10.0 Å². The number of sulfonamides is 1. The Morgan fingerprint density at radius 2 is 1.36 bits per heavy atom. The fraction of sp³-hybridized carbons (Fsp3) is 0.0333. The normalized spacial score (nSPS) is 11.1. The molecule has 0 aliphatic heterocycles. The standard InChI is InChI=1S/C30H23N3O4S2/c1-20-12-18-25(19-13-20)39(36,37)33-24-16-14-23(15-17-24)29(35)32-30-31-26(21-8-4-2-5-9-21)28(38-30)27(34)22-10-6-3-7-11-22/h2-19,33H,1H3,(H,31,32,35). The molecule has 0 bridgehead atoms. The summed E-state index contributed by atoms with van der Waals surface area (Å²) in [5.41, 5.74) is 3.37. The highest BCUT2D eigenvalue weighted by Crippen LogP contribution is 2.33. The predicted molar refractivity (Wildman–Crippen MR) is 154 cm³/mol. The van der Waals surface area contributed by atoms with Crippen LogP contribution in [0.3, 0.4) is 0 Å². The van der Waals surface area contributed by atoms with Crippen LogP contribution in [0.5, 0.6) is 0 Å². The Morgan fingerprint density at radius 3 is 2.00 bits per heavy atom. The number of carbonyl (C=O) groups is 2. The molecule has 1 heterocycles. The summed E-state index contributed by atoms with van der Waals surface area (Å²) < 4.78 is 27.8. The summed E-state index contributed by atoms with van der Waals surface area (Å²) in [4.78, 5) is 31.4. The second-order valence-electron chi connectivity index (χ2n) is 8.71. The van der Waals surface area contributed by atoms with Gasteiger partial charge in [-0.3, -0.25) is 19.6 Å². The molecule has 4 aromatic carbocycles. The Morgan fingerprint density at radius 1 is 0.744 bits per heavy atom. The van der Waals surface area contributed by atoms with Crippen LogP contribution in [0.25, 0.3) is 11.3 Å². The fourth-order valence-corrected chi connectivity index (χ4v) is 5.83. The Balaban J connectivity index is 1.36. The number of anilines is 2. The number of nitrogens with zero attached hydrogens (tertiary/aromatic N) is 1. The highest BCUT2D eigenvalue weighted by Gasteiger charge is 2.22. The molecular weight excluding hydrogens is 530 g/mol. The van der Waals surface area contributed by atoms with Crippen LogP contribution in [-0.2, 0) is 10.0 Å². The molecule has 0 fully saturated rings. The molecule has 0 aliphatic carbocycles. The van der Waals surface area contributed by atoms with E-state index in [4.69, 9.17) is 0 Å². The van der Waals surface area contributed by atoms with E-state index in [0.29, 0.717) is 27.4 Å². The molecule has 7 nitrogen and oxygen atoms in total. The molecule has 0 aliphatic rings. The summed E-state index contributed by atoms with van der Waals surface area (Å²) >= 11 is 1.11. The zero-order chi connectivity index (χ0) is 27.4. The lowest BCUT2D eigenvalue weighted by molar-refractivity contribution is 0.102. The van der Waals surface area contributed by atoms with E-state index in [0.717, 1.165) is 22.5 Å². The third kappa shape index (κ3) is 5.95. The maximum absolute atomic E-state index is 13.3. The maximum Gasteiger partial charge on any atom is 0.261 e. The predicted octanol–water partition coefficient (Wildman–Crippen LogP) is 6.40. The Bertz CT molecular complexity index is 1730. The van der Waals surface area contributed by atoms with E-state index in [1.807, 2.05) is 43.3 Å². The van der Waals surface area contributed by atoms with Crippen molar-refractivity contribution in [3.05, 3.63) is 131 Å². The zero-order valence-electron chi connectivity index (χ0n) is 20.8. The summed E-state index contributed by atoms with van der Waals surface area (Å²) in [6.45, 7) is 1.88. The van der Waals surface area contributed by atoms with E-state index < -0.39 is 15.9 Å². The van der Waals surface area contributed by atoms with Crippen LogP contribution in [0.4, 0.5) is 10.8 Å². The van der Waals surface area contributed by atoms with Gasteiger partial charge in [-0.2, -0.15) is 0 Å². The van der Waals surface area contributed by atoms with Gasteiger partial charge in [-0.25, -0.2) is 13.4 Å². The minimum Gasteiger partial charge on any atom is -0.298 e. The first-order valence-corrected chi connectivity index (χ1v) is 14.3. The van der Waals surface area contributed by atoms with Crippen molar-refractivity contribution in [1.29, 1.82) is 0 Å². The van der Waals surface area contributed by atoms with Crippen molar-refractivity contribution >= 4 is 43.9 Å². The monoisotopic (exact) mass is 553 g/mol. The van der Waals surface area contributed by atoms with Gasteiger partial charge in [-0.15, -0.1) is 0 Å². The zero-order valence-corrected chi connectivity index (χ0v) is 22.4. The molecule has 1 aromatic heterocycles. The number of carbonyl (C=O) groups excluding carboxylic acids is 2. The van der Waals surface area contributed by atoms with Gasteiger partial charge >= 0.3 is 0 Å². The number of benzene rings is 4. The summed E-state index contributed by atoms with van der Waals surface area (Å²) in [7, 11) is -3.76. The Labute approximate surface area is 230 Å². The van der Waals surface area contributed by atoms with E-state index in [-0.39, 0.29) is 15.8 Å². The van der Waals surface area contributed by atoms with Crippen molar-refractivity contribution in [2.24, 2.45) is 0 Å². The highest BCUT2D eigenvalue weighted by molar-refractivity contribution is 7.92. The fourth-order valence-electron chi connectivity index (χ4n) is 3.83. The second kappa shape index (κ2) is 11.0. The number of ketones is 1. The van der Waals surface area contributed by atoms with E-state index in [1.54, 1.807) is 36.4 Å². The molecule has 194 valence electrons. The number of nitrogens with one attached hydrogen (secondary N) is 2. The number of hydrogen-bond donors (Lipinski definition) is 2. The molecule has 0 saturated carbocycles. The molecule has 0 radical (unpaired) electrons. The average Bonchev–Trinajstić information content (AvgIpc) is 3.37. The number of thiazole rings is 1. The third-order valence-corrected chi connectivity index (χ3v) is 8.23. The minimum atomic E-state index is -3.76. The summed E-state index contributed by atoms with van der Waals surface area (Å²) in [5, 5.41) is 3.05. The van der Waals surface area contributed by atoms with Crippen molar-refractivity contribution < 1.29 is 18.0 Å². The van der Waals surface area contributed by atoms with Crippen LogP contribution in [-0.4, -0.2) is 25.1 Å². The molecule has 0 saturated heterocycles. The Hall–Kier alpha value is -4.60. The van der Waals surface area contributed by atoms with Gasteiger partial charge in [0.1, 0.15) is 4.88 Å². The van der Waals surface area contributed by atoms with Crippen molar-refractivity contribution in [3.63, 3.8) is 0 Å². The summed E-state index contributed by atoms with van der Waals surface area (Å²) in [6.07, 6.45) is 0. The molecule has 0 unspecified atom stereocenters. The lowest BCUT2D eigenvalue weighted by atomic mass is 10.1. The van der Waals surface area contributed by atoms with Crippen molar-refractivity contribution in [3.8, 4) is 11.3 Å². The van der Waals surface area contributed by atoms with Crippen molar-refractivity contribution in [2.75, 3.05) is 10.0 Å². The SMILES string of the molecule is Cc1ccc(S(=O)(=O)Nc2ccc(C(=O)Nc3nc(-c4ccccc4)c(C(=O)c4ccccc4)s3)cc2)cc1. The van der Waals surface area contributed by atoms with Gasteiger partial charge in [-0.1, -0.05) is 89.7 Å². The quantitative estimate of drug-likeness (QED) is 0.216. The number of hydrogen-bond acceptors (Lipinski definition) is 6. The van der Waals surface area contributed by atoms with Gasteiger partial charge in [0.05, 0.1) is 10.6 Å². The molecule has 0 atom stereocenters. The Kier molecular flexibility index (Phi) is 7.36. The van der Waals surface area contributed by atoms with E-state index in [2.05, 4.69) is 15.0 Å². The van der Waals surface area contributed by atoms with Gasteiger partial charge in [0.15, 0.2) is 5.13 Å². The van der Waals surface area contributed by atoms with Crippen LogP contribution in [0.15, 0.2) is 114 Å². The van der Waals surface area contributed by atoms with Gasteiger partial charge in [0, 0.05) is 22.4 Å². The number of amides is 1. The highest BCUT2D eigenvalue weighted by atomic mass is 32.2. The first kappa shape index (κ1) is 26.0. The van der Waals surface area contributed by atoms with Gasteiger partial charge in [0.2, 0.25) is 5.78 Å². The van der Waals surface area contributed by atoms with Gasteiger partial charge < -0.3 is 0 Å². The van der Waals surface area contributed by atoms with Crippen molar-refractivity contribution in [1.82, 2.24) is 4.98 Å². The van der Waals surface area contributed by atoms with Crippen LogP contribution in [0, 0.1) is 6.92 Å². The molecular formula is C30H23N3O4S2. The summed E-state index contributed by atoms with van der Waals surface area (Å²) in [6, 6.07) is 30.8. The molecule has 0 spiro atoms. The van der Waals surface area contributed by atoms with Crippen LogP contribution >= 0.6 is 11.3 Å². The first-order valence-electron chi connectivity index (χ1n) is 12.0. The molecule has 9 heteroatoms. The smallest absolute Gasteiger partial charge is 0.261 e. The van der Waals surface area contributed by atoms with Crippen LogP contribution in [0.1, 0.15) is 31.2 Å². The van der Waals surface area contributed by atoms with Crippen LogP contribution in [0.2, 0.25) is 0 Å². The molecule has 5 aromatic rings. The lowest BCUT2D eigenvalue weighted by Gasteiger charge is -2.09. The van der Waals surface area contributed by atoms with E-state index in [1.165, 1.54) is 36.4 Å². The number of aromatic nitrogens is 1. The summed E-state index contributed by atoms with van der Waals surface area (Å²) in [5.74, 6) is -0.618. The number of aryl methyl sites for hydroxylation is 1. The topological polar surface area (TPSA) is 105 Å². The molecule has 2 N–H and O–H groups in total.